The summed E-state index contributed by atoms with van der Waals surface area (Å²) >= 11 is 0. The van der Waals surface area contributed by atoms with Crippen molar-refractivity contribution in [1.82, 2.24) is 9.78 Å². The molecule has 0 aliphatic carbocycles. The predicted octanol–water partition coefficient (Wildman–Crippen LogP) is 2.67. The van der Waals surface area contributed by atoms with Gasteiger partial charge in [0.15, 0.2) is 0 Å². The Labute approximate surface area is 95.1 Å². The minimum Gasteiger partial charge on any atom is -0.370 e. The molecule has 1 aromatic carbocycles. The Morgan fingerprint density at radius 2 is 2.31 bits per heavy atom. The third-order valence-corrected chi connectivity index (χ3v) is 3.01. The molecular formula is C13H15N3. The van der Waals surface area contributed by atoms with E-state index in [4.69, 9.17) is 0 Å². The van der Waals surface area contributed by atoms with Crippen LogP contribution in [-0.2, 0) is 6.54 Å². The van der Waals surface area contributed by atoms with Gasteiger partial charge in [0.2, 0.25) is 0 Å². The van der Waals surface area contributed by atoms with E-state index in [1.807, 2.05) is 6.20 Å². The topological polar surface area (TPSA) is 29.9 Å². The van der Waals surface area contributed by atoms with Gasteiger partial charge in [0.1, 0.15) is 5.82 Å². The normalized spacial score (nSPS) is 14.3. The highest BCUT2D eigenvalue weighted by atomic mass is 15.3. The first-order chi connectivity index (χ1) is 7.84. The molecule has 3 rings (SSSR count). The van der Waals surface area contributed by atoms with Crippen LogP contribution in [0, 0.1) is 6.92 Å². The lowest BCUT2D eigenvalue weighted by Crippen LogP contribution is -2.17. The van der Waals surface area contributed by atoms with E-state index in [1.54, 1.807) is 0 Å². The molecule has 1 aromatic heterocycles. The monoisotopic (exact) mass is 213 g/mol. The van der Waals surface area contributed by atoms with Crippen molar-refractivity contribution in [3.63, 3.8) is 0 Å². The van der Waals surface area contributed by atoms with Crippen LogP contribution in [0.4, 0.5) is 5.82 Å². The summed E-state index contributed by atoms with van der Waals surface area (Å²) in [5, 5.41) is 7.85. The Morgan fingerprint density at radius 1 is 1.38 bits per heavy atom. The number of fused-ring (bicyclic) bond motifs is 1. The second kappa shape index (κ2) is 3.67. The molecule has 3 nitrogen and oxygen atoms in total. The summed E-state index contributed by atoms with van der Waals surface area (Å²) in [5.74, 6) is 1.16. The van der Waals surface area contributed by atoms with Crippen LogP contribution in [0.2, 0.25) is 0 Å². The molecule has 0 fully saturated rings. The summed E-state index contributed by atoms with van der Waals surface area (Å²) in [5.41, 5.74) is 3.74. The molecule has 16 heavy (non-hydrogen) atoms. The number of nitrogens with zero attached hydrogens (tertiary/aromatic N) is 2. The minimum atomic E-state index is 1.02. The highest BCUT2D eigenvalue weighted by Gasteiger charge is 2.15. The summed E-state index contributed by atoms with van der Waals surface area (Å²) in [6.07, 6.45) is 3.12. The number of hydrogen-bond acceptors (Lipinski definition) is 2. The maximum absolute atomic E-state index is 4.42. The van der Waals surface area contributed by atoms with Crippen LogP contribution in [0.3, 0.4) is 0 Å². The first-order valence-electron chi connectivity index (χ1n) is 5.71. The number of anilines is 1. The highest BCUT2D eigenvalue weighted by Crippen LogP contribution is 2.29. The molecule has 0 unspecified atom stereocenters. The first kappa shape index (κ1) is 9.46. The lowest BCUT2D eigenvalue weighted by Gasteiger charge is -2.17. The zero-order valence-corrected chi connectivity index (χ0v) is 9.40. The molecule has 82 valence electrons. The summed E-state index contributed by atoms with van der Waals surface area (Å²) in [6, 6.07) is 8.56. The third-order valence-electron chi connectivity index (χ3n) is 3.01. The van der Waals surface area contributed by atoms with E-state index in [2.05, 4.69) is 46.3 Å². The fourth-order valence-corrected chi connectivity index (χ4v) is 2.20. The first-order valence-corrected chi connectivity index (χ1v) is 5.71. The fraction of sp³-hybridized carbons (Fsp3) is 0.308. The standard InChI is InChI=1S/C13H15N3/c1-10-4-2-5-11(8-10)12-9-15-16-7-3-6-14-13(12)16/h2,4-5,8-9,14H,3,6-7H2,1H3. The minimum absolute atomic E-state index is 1.02. The number of aromatic nitrogens is 2. The Balaban J connectivity index is 2.09. The van der Waals surface area contributed by atoms with E-state index in [0.29, 0.717) is 0 Å². The van der Waals surface area contributed by atoms with Gasteiger partial charge in [-0.15, -0.1) is 0 Å². The van der Waals surface area contributed by atoms with Gasteiger partial charge in [-0.1, -0.05) is 29.8 Å². The molecule has 1 N–H and O–H groups in total. The van der Waals surface area contributed by atoms with Gasteiger partial charge in [0.25, 0.3) is 0 Å². The average Bonchev–Trinajstić information content (AvgIpc) is 2.72. The Hall–Kier alpha value is -1.77. The number of aryl methyl sites for hydroxylation is 2. The van der Waals surface area contributed by atoms with Crippen molar-refractivity contribution in [3.05, 3.63) is 36.0 Å². The molecule has 1 aliphatic heterocycles. The van der Waals surface area contributed by atoms with Crippen LogP contribution in [0.25, 0.3) is 11.1 Å². The van der Waals surface area contributed by atoms with Crippen LogP contribution in [-0.4, -0.2) is 16.3 Å². The van der Waals surface area contributed by atoms with Gasteiger partial charge in [-0.05, 0) is 18.9 Å². The lowest BCUT2D eigenvalue weighted by molar-refractivity contribution is 0.568. The molecule has 0 amide bonds. The molecule has 0 bridgehead atoms. The quantitative estimate of drug-likeness (QED) is 0.789. The van der Waals surface area contributed by atoms with Crippen molar-refractivity contribution in [3.8, 4) is 11.1 Å². The molecule has 2 heterocycles. The molecule has 2 aromatic rings. The molecule has 0 radical (unpaired) electrons. The molecular weight excluding hydrogens is 198 g/mol. The predicted molar refractivity (Wildman–Crippen MR) is 65.5 cm³/mol. The van der Waals surface area contributed by atoms with E-state index < -0.39 is 0 Å². The average molecular weight is 213 g/mol. The second-order valence-electron chi connectivity index (χ2n) is 4.28. The van der Waals surface area contributed by atoms with Crippen molar-refractivity contribution >= 4 is 5.82 Å². The van der Waals surface area contributed by atoms with Crippen molar-refractivity contribution in [2.45, 2.75) is 19.9 Å². The zero-order chi connectivity index (χ0) is 11.0. The van der Waals surface area contributed by atoms with Crippen molar-refractivity contribution < 1.29 is 0 Å². The van der Waals surface area contributed by atoms with E-state index >= 15 is 0 Å². The number of nitrogens with one attached hydrogen (secondary N) is 1. The second-order valence-corrected chi connectivity index (χ2v) is 4.28. The fourth-order valence-electron chi connectivity index (χ4n) is 2.20. The van der Waals surface area contributed by atoms with Gasteiger partial charge < -0.3 is 5.32 Å². The van der Waals surface area contributed by atoms with Gasteiger partial charge in [0.05, 0.1) is 6.20 Å². The third kappa shape index (κ3) is 1.48. The Morgan fingerprint density at radius 3 is 3.19 bits per heavy atom. The largest absolute Gasteiger partial charge is 0.370 e. The summed E-state index contributed by atoms with van der Waals surface area (Å²) < 4.78 is 2.06. The molecule has 0 saturated carbocycles. The maximum Gasteiger partial charge on any atom is 0.132 e. The smallest absolute Gasteiger partial charge is 0.132 e. The van der Waals surface area contributed by atoms with Crippen LogP contribution in [0.5, 0.6) is 0 Å². The van der Waals surface area contributed by atoms with Gasteiger partial charge in [-0.2, -0.15) is 5.10 Å². The van der Waals surface area contributed by atoms with E-state index in [1.165, 1.54) is 16.7 Å². The van der Waals surface area contributed by atoms with Crippen LogP contribution in [0.1, 0.15) is 12.0 Å². The summed E-state index contributed by atoms with van der Waals surface area (Å²) in [6.45, 7) is 4.19. The van der Waals surface area contributed by atoms with Gasteiger partial charge in [-0.25, -0.2) is 4.68 Å². The van der Waals surface area contributed by atoms with Crippen molar-refractivity contribution in [1.29, 1.82) is 0 Å². The molecule has 1 aliphatic rings. The maximum atomic E-state index is 4.42. The molecule has 0 saturated heterocycles. The van der Waals surface area contributed by atoms with Crippen LogP contribution in [0.15, 0.2) is 30.5 Å². The summed E-state index contributed by atoms with van der Waals surface area (Å²) in [7, 11) is 0. The van der Waals surface area contributed by atoms with Crippen LogP contribution < -0.4 is 5.32 Å². The zero-order valence-electron chi connectivity index (χ0n) is 9.40. The lowest BCUT2D eigenvalue weighted by atomic mass is 10.1. The SMILES string of the molecule is Cc1cccc(-c2cnn3c2NCCC3)c1. The van der Waals surface area contributed by atoms with Crippen molar-refractivity contribution in [2.75, 3.05) is 11.9 Å². The van der Waals surface area contributed by atoms with Gasteiger partial charge >= 0.3 is 0 Å². The summed E-state index contributed by atoms with van der Waals surface area (Å²) in [4.78, 5) is 0. The number of rotatable bonds is 1. The van der Waals surface area contributed by atoms with Gasteiger partial charge in [0, 0.05) is 18.7 Å². The number of benzene rings is 1. The highest BCUT2D eigenvalue weighted by molar-refractivity contribution is 5.75. The van der Waals surface area contributed by atoms with Gasteiger partial charge in [-0.3, -0.25) is 0 Å². The van der Waals surface area contributed by atoms with E-state index in [-0.39, 0.29) is 0 Å². The molecule has 0 spiro atoms. The molecule has 0 atom stereocenters. The van der Waals surface area contributed by atoms with E-state index in [0.717, 1.165) is 25.3 Å². The van der Waals surface area contributed by atoms with Crippen molar-refractivity contribution in [2.24, 2.45) is 0 Å². The van der Waals surface area contributed by atoms with Crippen LogP contribution >= 0.6 is 0 Å². The Kier molecular flexibility index (Phi) is 2.17. The Bertz CT molecular complexity index is 514. The van der Waals surface area contributed by atoms with E-state index in [9.17, 15) is 0 Å². The number of hydrogen-bond donors (Lipinski definition) is 1. The molecule has 3 heteroatoms.